The van der Waals surface area contributed by atoms with E-state index in [1.807, 2.05) is 6.08 Å². The van der Waals surface area contributed by atoms with Crippen LogP contribution in [-0.4, -0.2) is 62.1 Å². The molecule has 1 N–H and O–H groups in total. The van der Waals surface area contributed by atoms with E-state index in [1.54, 1.807) is 17.2 Å². The monoisotopic (exact) mass is 428 g/mol. The molecule has 3 aromatic rings. The Morgan fingerprint density at radius 3 is 2.81 bits per heavy atom. The Kier molecular flexibility index (Phi) is 4.41. The van der Waals surface area contributed by atoms with E-state index >= 15 is 0 Å². The van der Waals surface area contributed by atoms with Crippen molar-refractivity contribution in [3.05, 3.63) is 48.2 Å². The third-order valence-electron chi connectivity index (χ3n) is 5.03. The zero-order chi connectivity index (χ0) is 21.6. The normalized spacial score (nSPS) is 19.1. The Balaban J connectivity index is 1.49. The number of hydrogen-bond donors (Lipinski definition) is 1. The fourth-order valence-corrected chi connectivity index (χ4v) is 3.56. The summed E-state index contributed by atoms with van der Waals surface area (Å²) in [6.45, 7) is 1.17. The second-order valence-electron chi connectivity index (χ2n) is 7.08. The molecular weight excluding hydrogens is 413 g/mol. The first kappa shape index (κ1) is 19.2. The number of imidazole rings is 1. The summed E-state index contributed by atoms with van der Waals surface area (Å²) in [5.74, 6) is 0.516. The fraction of sp³-hybridized carbons (Fsp3) is 0.263. The van der Waals surface area contributed by atoms with Crippen LogP contribution in [0.15, 0.2) is 47.5 Å². The van der Waals surface area contributed by atoms with Crippen LogP contribution >= 0.6 is 0 Å². The van der Waals surface area contributed by atoms with Gasteiger partial charge in [-0.3, -0.25) is 14.2 Å². The smallest absolute Gasteiger partial charge is 0.346 e. The molecule has 158 valence electrons. The van der Waals surface area contributed by atoms with Gasteiger partial charge >= 0.3 is 6.18 Å². The molecule has 2 aliphatic heterocycles. The van der Waals surface area contributed by atoms with E-state index in [0.717, 1.165) is 18.0 Å². The number of aromatic nitrogens is 5. The number of carbonyl (C=O) groups excluding carboxylic acids is 1. The minimum atomic E-state index is -4.59. The Hall–Kier alpha value is -3.83. The van der Waals surface area contributed by atoms with Gasteiger partial charge in [0.25, 0.3) is 0 Å². The predicted molar refractivity (Wildman–Crippen MR) is 105 cm³/mol. The molecule has 31 heavy (non-hydrogen) atoms. The molecule has 1 fully saturated rings. The average molecular weight is 428 g/mol. The molecule has 0 aliphatic carbocycles. The molecule has 0 bridgehead atoms. The van der Waals surface area contributed by atoms with Crippen molar-refractivity contribution in [3.8, 4) is 11.5 Å². The first-order valence-corrected chi connectivity index (χ1v) is 9.36. The third kappa shape index (κ3) is 3.60. The lowest BCUT2D eigenvalue weighted by molar-refractivity contribution is -0.141. The Bertz CT molecular complexity index is 1230. The number of aliphatic imine (C=N–C) groups is 1. The van der Waals surface area contributed by atoms with Crippen molar-refractivity contribution in [1.82, 2.24) is 29.7 Å². The summed E-state index contributed by atoms with van der Waals surface area (Å²) in [5.41, 5.74) is 0.411. The largest absolute Gasteiger partial charge is 0.434 e. The lowest BCUT2D eigenvalue weighted by atomic mass is 10.1. The SMILES string of the molecule is O=C1CN(c2ccnc(-c3cnc4cnc(C(F)(F)F)cn34)n2)CC(C2=CCN=C2)N1. The number of fused-ring (bicyclic) bond motifs is 1. The van der Waals surface area contributed by atoms with Crippen LogP contribution < -0.4 is 10.2 Å². The minimum absolute atomic E-state index is 0.104. The zero-order valence-corrected chi connectivity index (χ0v) is 15.9. The molecule has 2 aliphatic rings. The van der Waals surface area contributed by atoms with E-state index in [-0.39, 0.29) is 35.7 Å². The van der Waals surface area contributed by atoms with E-state index in [0.29, 0.717) is 18.9 Å². The predicted octanol–water partition coefficient (Wildman–Crippen LogP) is 1.52. The van der Waals surface area contributed by atoms with Gasteiger partial charge in [0, 0.05) is 25.2 Å². The molecule has 0 saturated carbocycles. The van der Waals surface area contributed by atoms with E-state index in [4.69, 9.17) is 0 Å². The van der Waals surface area contributed by atoms with Crippen LogP contribution in [0.3, 0.4) is 0 Å². The maximum absolute atomic E-state index is 13.1. The molecule has 1 atom stereocenters. The summed E-state index contributed by atoms with van der Waals surface area (Å²) in [4.78, 5) is 34.4. The highest BCUT2D eigenvalue weighted by Gasteiger charge is 2.33. The summed E-state index contributed by atoms with van der Waals surface area (Å²) in [6.07, 6.45) is 3.90. The maximum Gasteiger partial charge on any atom is 0.434 e. The Morgan fingerprint density at radius 1 is 1.16 bits per heavy atom. The number of carbonyl (C=O) groups is 1. The van der Waals surface area contributed by atoms with E-state index in [9.17, 15) is 18.0 Å². The van der Waals surface area contributed by atoms with Crippen molar-refractivity contribution in [3.63, 3.8) is 0 Å². The molecule has 5 rings (SSSR count). The van der Waals surface area contributed by atoms with Gasteiger partial charge in [-0.15, -0.1) is 0 Å². The molecule has 1 saturated heterocycles. The number of anilines is 1. The van der Waals surface area contributed by atoms with E-state index in [1.165, 1.54) is 16.8 Å². The lowest BCUT2D eigenvalue weighted by Crippen LogP contribution is -2.55. The summed E-state index contributed by atoms with van der Waals surface area (Å²) < 4.78 is 40.5. The molecule has 3 aromatic heterocycles. The van der Waals surface area contributed by atoms with Crippen molar-refractivity contribution >= 4 is 23.6 Å². The average Bonchev–Trinajstić information content (AvgIpc) is 3.42. The van der Waals surface area contributed by atoms with Crippen LogP contribution in [0.1, 0.15) is 5.69 Å². The highest BCUT2D eigenvalue weighted by molar-refractivity contribution is 5.88. The van der Waals surface area contributed by atoms with Gasteiger partial charge in [-0.25, -0.2) is 19.9 Å². The van der Waals surface area contributed by atoms with Gasteiger partial charge in [0.05, 0.1) is 31.5 Å². The number of nitrogens with one attached hydrogen (secondary N) is 1. The molecule has 1 amide bonds. The number of halogens is 3. The topological polar surface area (TPSA) is 101 Å². The van der Waals surface area contributed by atoms with Crippen molar-refractivity contribution in [1.29, 1.82) is 0 Å². The molecule has 1 unspecified atom stereocenters. The molecule has 0 spiro atoms. The molecular formula is C19H15F3N8O. The van der Waals surface area contributed by atoms with Gasteiger partial charge in [-0.1, -0.05) is 6.08 Å². The lowest BCUT2D eigenvalue weighted by Gasteiger charge is -2.34. The van der Waals surface area contributed by atoms with Crippen LogP contribution in [0.25, 0.3) is 17.2 Å². The second kappa shape index (κ2) is 7.15. The van der Waals surface area contributed by atoms with Gasteiger partial charge < -0.3 is 10.2 Å². The first-order chi connectivity index (χ1) is 14.9. The van der Waals surface area contributed by atoms with Gasteiger partial charge in [0.1, 0.15) is 11.5 Å². The molecule has 9 nitrogen and oxygen atoms in total. The number of nitrogens with zero attached hydrogens (tertiary/aromatic N) is 7. The minimum Gasteiger partial charge on any atom is -0.346 e. The van der Waals surface area contributed by atoms with Gasteiger partial charge in [-0.2, -0.15) is 13.2 Å². The molecule has 0 radical (unpaired) electrons. The maximum atomic E-state index is 13.1. The highest BCUT2D eigenvalue weighted by atomic mass is 19.4. The Labute approximate surface area is 173 Å². The number of alkyl halides is 3. The van der Waals surface area contributed by atoms with Crippen LogP contribution in [0, 0.1) is 0 Å². The zero-order valence-electron chi connectivity index (χ0n) is 15.9. The molecule has 0 aromatic carbocycles. The van der Waals surface area contributed by atoms with Crippen molar-refractivity contribution in [2.75, 3.05) is 24.5 Å². The molecule has 12 heteroatoms. The number of amides is 1. The van der Waals surface area contributed by atoms with Crippen molar-refractivity contribution < 1.29 is 18.0 Å². The molecule has 5 heterocycles. The van der Waals surface area contributed by atoms with Crippen LogP contribution in [0.5, 0.6) is 0 Å². The van der Waals surface area contributed by atoms with Gasteiger partial charge in [0.2, 0.25) is 5.91 Å². The van der Waals surface area contributed by atoms with E-state index < -0.39 is 11.9 Å². The number of rotatable bonds is 3. The summed E-state index contributed by atoms with van der Waals surface area (Å²) in [7, 11) is 0. The highest BCUT2D eigenvalue weighted by Crippen LogP contribution is 2.29. The van der Waals surface area contributed by atoms with Gasteiger partial charge in [-0.05, 0) is 11.6 Å². The summed E-state index contributed by atoms with van der Waals surface area (Å²) >= 11 is 0. The number of piperazine rings is 1. The summed E-state index contributed by atoms with van der Waals surface area (Å²) in [5, 5.41) is 2.93. The summed E-state index contributed by atoms with van der Waals surface area (Å²) in [6, 6.07) is 1.43. The van der Waals surface area contributed by atoms with Crippen molar-refractivity contribution in [2.24, 2.45) is 4.99 Å². The fourth-order valence-electron chi connectivity index (χ4n) is 3.56. The first-order valence-electron chi connectivity index (χ1n) is 9.36. The third-order valence-corrected chi connectivity index (χ3v) is 5.03. The van der Waals surface area contributed by atoms with Crippen molar-refractivity contribution in [2.45, 2.75) is 12.2 Å². The van der Waals surface area contributed by atoms with E-state index in [2.05, 4.69) is 30.2 Å². The second-order valence-corrected chi connectivity index (χ2v) is 7.08. The Morgan fingerprint density at radius 2 is 2.03 bits per heavy atom. The van der Waals surface area contributed by atoms with Gasteiger partial charge in [0.15, 0.2) is 17.2 Å². The van der Waals surface area contributed by atoms with Crippen LogP contribution in [-0.2, 0) is 11.0 Å². The number of hydrogen-bond acceptors (Lipinski definition) is 7. The standard InChI is InChI=1S/C19H15F3N8O/c20-19(21,22)14-9-30-13(6-26-16(30)7-25-14)18-24-4-2-15(28-18)29-8-12(27-17(31)10-29)11-1-3-23-5-11/h1-2,4-7,9,12H,3,8,10H2,(H,27,31). The quantitative estimate of drug-likeness (QED) is 0.679. The van der Waals surface area contributed by atoms with Crippen LogP contribution in [0.4, 0.5) is 19.0 Å². The van der Waals surface area contributed by atoms with Crippen LogP contribution in [0.2, 0.25) is 0 Å².